The molecule has 0 bridgehead atoms. The fourth-order valence-electron chi connectivity index (χ4n) is 2.11. The summed E-state index contributed by atoms with van der Waals surface area (Å²) in [5.74, 6) is -1.84. The Hall–Kier alpha value is -3.27. The minimum Gasteiger partial charge on any atom is -0.411 e. The number of hydrogen-bond acceptors (Lipinski definition) is 6. The zero-order valence-corrected chi connectivity index (χ0v) is 15.1. The highest BCUT2D eigenvalue weighted by Crippen LogP contribution is 2.24. The zero-order chi connectivity index (χ0) is 19.9. The number of benzene rings is 2. The minimum absolute atomic E-state index is 0.0136. The molecular weight excluding hydrogens is 390 g/mol. The average molecular weight is 404 g/mol. The predicted octanol–water partition coefficient (Wildman–Crippen LogP) is 2.86. The number of nitrogens with one attached hydrogen (secondary N) is 2. The van der Waals surface area contributed by atoms with Gasteiger partial charge in [0, 0.05) is 5.69 Å². The molecule has 1 heterocycles. The molecule has 10 heteroatoms. The third-order valence-electron chi connectivity index (χ3n) is 3.41. The molecule has 0 saturated heterocycles. The Morgan fingerprint density at radius 2 is 1.75 bits per heavy atom. The van der Waals surface area contributed by atoms with Crippen molar-refractivity contribution in [3.8, 4) is 11.5 Å². The van der Waals surface area contributed by atoms with Crippen molar-refractivity contribution in [2.45, 2.75) is 5.22 Å². The van der Waals surface area contributed by atoms with E-state index in [1.54, 1.807) is 12.1 Å². The Balaban J connectivity index is 1.44. The molecule has 0 spiro atoms. The van der Waals surface area contributed by atoms with Crippen LogP contribution in [0.2, 0.25) is 0 Å². The van der Waals surface area contributed by atoms with Gasteiger partial charge in [-0.25, -0.2) is 8.78 Å². The van der Waals surface area contributed by atoms with Crippen LogP contribution in [0.15, 0.2) is 58.2 Å². The molecule has 1 aromatic heterocycles. The largest absolute Gasteiger partial charge is 0.411 e. The van der Waals surface area contributed by atoms with Crippen LogP contribution in [0.5, 0.6) is 0 Å². The lowest BCUT2D eigenvalue weighted by atomic mass is 10.2. The molecule has 0 unspecified atom stereocenters. The van der Waals surface area contributed by atoms with Crippen LogP contribution >= 0.6 is 11.8 Å². The van der Waals surface area contributed by atoms with E-state index in [1.807, 2.05) is 0 Å². The van der Waals surface area contributed by atoms with E-state index in [1.165, 1.54) is 36.4 Å². The molecule has 0 fully saturated rings. The molecule has 0 aliphatic carbocycles. The molecule has 2 N–H and O–H groups in total. The first-order chi connectivity index (χ1) is 13.5. The lowest BCUT2D eigenvalue weighted by Gasteiger charge is -2.06. The summed E-state index contributed by atoms with van der Waals surface area (Å²) in [6, 6.07) is 11.2. The van der Waals surface area contributed by atoms with Crippen LogP contribution in [-0.4, -0.2) is 34.3 Å². The first-order valence-corrected chi connectivity index (χ1v) is 9.03. The Morgan fingerprint density at radius 1 is 1.00 bits per heavy atom. The number of carbonyl (C=O) groups is 2. The predicted molar refractivity (Wildman–Crippen MR) is 98.5 cm³/mol. The van der Waals surface area contributed by atoms with Gasteiger partial charge in [-0.1, -0.05) is 23.9 Å². The molecule has 2 amide bonds. The monoisotopic (exact) mass is 404 g/mol. The lowest BCUT2D eigenvalue weighted by Crippen LogP contribution is -2.33. The number of carbonyl (C=O) groups excluding carboxylic acids is 2. The molecular formula is C18H14F2N4O3S. The van der Waals surface area contributed by atoms with E-state index in [9.17, 15) is 18.4 Å². The second-order valence-electron chi connectivity index (χ2n) is 5.47. The SMILES string of the molecule is O=C(CSc1nnc(-c2ccccc2F)o1)NCC(=O)Nc1ccc(F)cc1. The van der Waals surface area contributed by atoms with Crippen LogP contribution in [0.1, 0.15) is 0 Å². The Kier molecular flexibility index (Phi) is 6.33. The fraction of sp³-hybridized carbons (Fsp3) is 0.111. The number of anilines is 1. The summed E-state index contributed by atoms with van der Waals surface area (Å²) in [4.78, 5) is 23.6. The van der Waals surface area contributed by atoms with Gasteiger partial charge in [0.1, 0.15) is 11.6 Å². The highest BCUT2D eigenvalue weighted by Gasteiger charge is 2.14. The van der Waals surface area contributed by atoms with Crippen molar-refractivity contribution in [3.63, 3.8) is 0 Å². The van der Waals surface area contributed by atoms with Gasteiger partial charge in [0.25, 0.3) is 11.1 Å². The van der Waals surface area contributed by atoms with Gasteiger partial charge < -0.3 is 15.1 Å². The van der Waals surface area contributed by atoms with E-state index in [0.29, 0.717) is 5.69 Å². The van der Waals surface area contributed by atoms with E-state index >= 15 is 0 Å². The number of rotatable bonds is 7. The first kappa shape index (κ1) is 19.5. The van der Waals surface area contributed by atoms with Gasteiger partial charge in [0.2, 0.25) is 11.8 Å². The summed E-state index contributed by atoms with van der Waals surface area (Å²) in [5.41, 5.74) is 0.588. The van der Waals surface area contributed by atoms with Gasteiger partial charge in [-0.15, -0.1) is 10.2 Å². The van der Waals surface area contributed by atoms with Gasteiger partial charge in [0.15, 0.2) is 0 Å². The molecule has 0 radical (unpaired) electrons. The van der Waals surface area contributed by atoms with Crippen LogP contribution in [0, 0.1) is 11.6 Å². The van der Waals surface area contributed by atoms with Crippen molar-refractivity contribution < 1.29 is 22.8 Å². The Labute approximate surface area is 162 Å². The van der Waals surface area contributed by atoms with Crippen molar-refractivity contribution in [3.05, 3.63) is 60.2 Å². The van der Waals surface area contributed by atoms with Gasteiger partial charge in [-0.2, -0.15) is 0 Å². The molecule has 0 aliphatic rings. The maximum atomic E-state index is 13.7. The highest BCUT2D eigenvalue weighted by molar-refractivity contribution is 7.99. The standard InChI is InChI=1S/C18H14F2N4O3S/c19-11-5-7-12(8-6-11)22-15(25)9-21-16(26)10-28-18-24-23-17(27-18)13-3-1-2-4-14(13)20/h1-8H,9-10H2,(H,21,26)(H,22,25). The Bertz CT molecular complexity index is 979. The number of thioether (sulfide) groups is 1. The van der Waals surface area contributed by atoms with Crippen molar-refractivity contribution >= 4 is 29.3 Å². The molecule has 2 aromatic carbocycles. The van der Waals surface area contributed by atoms with Crippen molar-refractivity contribution in [2.75, 3.05) is 17.6 Å². The zero-order valence-electron chi connectivity index (χ0n) is 14.3. The van der Waals surface area contributed by atoms with E-state index in [4.69, 9.17) is 4.42 Å². The minimum atomic E-state index is -0.493. The lowest BCUT2D eigenvalue weighted by molar-refractivity contribution is -0.122. The number of hydrogen-bond donors (Lipinski definition) is 2. The molecule has 0 saturated carbocycles. The second-order valence-corrected chi connectivity index (χ2v) is 6.40. The van der Waals surface area contributed by atoms with E-state index in [-0.39, 0.29) is 29.0 Å². The summed E-state index contributed by atoms with van der Waals surface area (Å²) in [6.07, 6.45) is 0. The second kappa shape index (κ2) is 9.09. The van der Waals surface area contributed by atoms with Crippen LogP contribution < -0.4 is 10.6 Å². The van der Waals surface area contributed by atoms with Crippen molar-refractivity contribution in [2.24, 2.45) is 0 Å². The van der Waals surface area contributed by atoms with E-state index in [0.717, 1.165) is 11.8 Å². The summed E-state index contributed by atoms with van der Waals surface area (Å²) in [7, 11) is 0. The smallest absolute Gasteiger partial charge is 0.277 e. The molecule has 3 rings (SSSR count). The summed E-state index contributed by atoms with van der Waals surface area (Å²) >= 11 is 0.959. The number of aromatic nitrogens is 2. The maximum Gasteiger partial charge on any atom is 0.277 e. The number of nitrogens with zero attached hydrogens (tertiary/aromatic N) is 2. The summed E-state index contributed by atoms with van der Waals surface area (Å²) < 4.78 is 31.8. The number of amides is 2. The molecule has 28 heavy (non-hydrogen) atoms. The maximum absolute atomic E-state index is 13.7. The normalized spacial score (nSPS) is 10.5. The van der Waals surface area contributed by atoms with Crippen LogP contribution in [0.25, 0.3) is 11.5 Å². The molecule has 3 aromatic rings. The fourth-order valence-corrected chi connectivity index (χ4v) is 2.70. The van der Waals surface area contributed by atoms with Gasteiger partial charge in [-0.05, 0) is 36.4 Å². The highest BCUT2D eigenvalue weighted by atomic mass is 32.2. The van der Waals surface area contributed by atoms with E-state index < -0.39 is 23.4 Å². The molecule has 144 valence electrons. The molecule has 0 aliphatic heterocycles. The number of halogens is 2. The average Bonchev–Trinajstić information content (AvgIpc) is 3.16. The van der Waals surface area contributed by atoms with Crippen LogP contribution in [-0.2, 0) is 9.59 Å². The van der Waals surface area contributed by atoms with Gasteiger partial charge in [0.05, 0.1) is 17.9 Å². The van der Waals surface area contributed by atoms with Crippen molar-refractivity contribution in [1.82, 2.24) is 15.5 Å². The van der Waals surface area contributed by atoms with Crippen LogP contribution in [0.4, 0.5) is 14.5 Å². The third kappa shape index (κ3) is 5.36. The quantitative estimate of drug-likeness (QED) is 0.588. The molecule has 7 nitrogen and oxygen atoms in total. The first-order valence-electron chi connectivity index (χ1n) is 8.04. The van der Waals surface area contributed by atoms with Gasteiger partial charge >= 0.3 is 0 Å². The summed E-state index contributed by atoms with van der Waals surface area (Å²) in [6.45, 7) is -0.249. The molecule has 0 atom stereocenters. The Morgan fingerprint density at radius 3 is 2.50 bits per heavy atom. The van der Waals surface area contributed by atoms with Crippen LogP contribution in [0.3, 0.4) is 0 Å². The third-order valence-corrected chi connectivity index (χ3v) is 4.23. The van der Waals surface area contributed by atoms with E-state index in [2.05, 4.69) is 20.8 Å². The van der Waals surface area contributed by atoms with Gasteiger partial charge in [-0.3, -0.25) is 9.59 Å². The topological polar surface area (TPSA) is 97.1 Å². The summed E-state index contributed by atoms with van der Waals surface area (Å²) in [5, 5.41) is 12.6. The van der Waals surface area contributed by atoms with Crippen molar-refractivity contribution in [1.29, 1.82) is 0 Å².